The first-order valence-electron chi connectivity index (χ1n) is 7.34. The predicted molar refractivity (Wildman–Crippen MR) is 78.3 cm³/mol. The fourth-order valence-electron chi connectivity index (χ4n) is 2.35. The number of hydrogen-bond donors (Lipinski definition) is 1. The average molecular weight is 295 g/mol. The molecular weight excluding hydrogens is 270 g/mol. The summed E-state index contributed by atoms with van der Waals surface area (Å²) in [6.45, 7) is 9.32. The molecule has 6 heteroatoms. The van der Waals surface area contributed by atoms with Gasteiger partial charge in [-0.15, -0.1) is 0 Å². The van der Waals surface area contributed by atoms with E-state index in [4.69, 9.17) is 10.00 Å². The number of nitrogens with one attached hydrogen (secondary N) is 1. The summed E-state index contributed by atoms with van der Waals surface area (Å²) in [4.78, 5) is 25.1. The highest BCUT2D eigenvalue weighted by Gasteiger charge is 2.29. The summed E-state index contributed by atoms with van der Waals surface area (Å²) >= 11 is 0. The van der Waals surface area contributed by atoms with Gasteiger partial charge in [0.15, 0.2) is 0 Å². The van der Waals surface area contributed by atoms with Crippen LogP contribution in [-0.4, -0.2) is 42.1 Å². The Bertz CT molecular complexity index is 423. The summed E-state index contributed by atoms with van der Waals surface area (Å²) in [6, 6.07) is 1.89. The number of piperidine rings is 1. The van der Waals surface area contributed by atoms with Gasteiger partial charge in [-0.25, -0.2) is 4.79 Å². The van der Waals surface area contributed by atoms with Crippen LogP contribution in [0.5, 0.6) is 0 Å². The van der Waals surface area contributed by atoms with E-state index in [2.05, 4.69) is 12.2 Å². The molecule has 21 heavy (non-hydrogen) atoms. The Hall–Kier alpha value is -1.77. The normalized spacial score (nSPS) is 22.3. The van der Waals surface area contributed by atoms with Gasteiger partial charge in [-0.05, 0) is 39.0 Å². The van der Waals surface area contributed by atoms with Crippen molar-refractivity contribution >= 4 is 12.0 Å². The van der Waals surface area contributed by atoms with Crippen LogP contribution < -0.4 is 5.32 Å². The molecule has 1 aliphatic rings. The van der Waals surface area contributed by atoms with Gasteiger partial charge in [0.1, 0.15) is 12.0 Å². The Balaban J connectivity index is 2.47. The first-order chi connectivity index (χ1) is 9.73. The van der Waals surface area contributed by atoms with Crippen LogP contribution in [0.3, 0.4) is 0 Å². The van der Waals surface area contributed by atoms with Crippen molar-refractivity contribution in [1.29, 1.82) is 5.26 Å². The first-order valence-corrected chi connectivity index (χ1v) is 7.34. The molecule has 118 valence electrons. The topological polar surface area (TPSA) is 82.4 Å². The predicted octanol–water partition coefficient (Wildman–Crippen LogP) is 1.91. The van der Waals surface area contributed by atoms with Crippen LogP contribution in [0.2, 0.25) is 0 Å². The number of likely N-dealkylation sites (tertiary alicyclic amines) is 1. The minimum atomic E-state index is -0.517. The van der Waals surface area contributed by atoms with E-state index >= 15 is 0 Å². The quantitative estimate of drug-likeness (QED) is 0.862. The van der Waals surface area contributed by atoms with Crippen molar-refractivity contribution in [2.45, 2.75) is 46.1 Å². The third kappa shape index (κ3) is 6.03. The Morgan fingerprint density at radius 2 is 2.10 bits per heavy atom. The minimum absolute atomic E-state index is 0.0827. The second-order valence-corrected chi connectivity index (χ2v) is 6.58. The smallest absolute Gasteiger partial charge is 0.407 e. The summed E-state index contributed by atoms with van der Waals surface area (Å²) in [6.07, 6.45) is 0.369. The Morgan fingerprint density at radius 1 is 1.43 bits per heavy atom. The molecule has 1 N–H and O–H groups in total. The molecule has 2 amide bonds. The van der Waals surface area contributed by atoms with Gasteiger partial charge < -0.3 is 15.0 Å². The van der Waals surface area contributed by atoms with E-state index < -0.39 is 11.7 Å². The monoisotopic (exact) mass is 295 g/mol. The molecule has 0 aromatic carbocycles. The van der Waals surface area contributed by atoms with Gasteiger partial charge in [0.05, 0.1) is 6.07 Å². The highest BCUT2D eigenvalue weighted by atomic mass is 16.6. The summed E-state index contributed by atoms with van der Waals surface area (Å²) in [5.74, 6) is 0.478. The van der Waals surface area contributed by atoms with E-state index in [1.165, 1.54) is 0 Å². The molecule has 0 unspecified atom stereocenters. The van der Waals surface area contributed by atoms with Crippen molar-refractivity contribution < 1.29 is 14.3 Å². The zero-order valence-electron chi connectivity index (χ0n) is 13.3. The fraction of sp³-hybridized carbons (Fsp3) is 0.800. The molecular formula is C15H25N3O3. The summed E-state index contributed by atoms with van der Waals surface area (Å²) < 4.78 is 5.20. The molecule has 0 aromatic heterocycles. The maximum Gasteiger partial charge on any atom is 0.407 e. The number of rotatable bonds is 3. The maximum atomic E-state index is 11.8. The van der Waals surface area contributed by atoms with Gasteiger partial charge in [0, 0.05) is 19.6 Å². The number of hydrogen-bond acceptors (Lipinski definition) is 4. The van der Waals surface area contributed by atoms with Crippen molar-refractivity contribution in [3.63, 3.8) is 0 Å². The second kappa shape index (κ2) is 7.30. The van der Waals surface area contributed by atoms with Gasteiger partial charge in [-0.1, -0.05) is 6.92 Å². The van der Waals surface area contributed by atoms with Gasteiger partial charge in [0.2, 0.25) is 5.91 Å². The Morgan fingerprint density at radius 3 is 2.67 bits per heavy atom. The standard InChI is InChI=1S/C15H25N3O3/c1-11-6-8-18(13(19)5-7-16)10-12(11)9-17-14(20)21-15(2,3)4/h11-12H,5-6,8-10H2,1-4H3,(H,17,20)/t11-,12-/m1/s1. The molecule has 0 aliphatic carbocycles. The van der Waals surface area contributed by atoms with E-state index in [1.807, 2.05) is 26.8 Å². The van der Waals surface area contributed by atoms with Crippen LogP contribution in [0.4, 0.5) is 4.79 Å². The van der Waals surface area contributed by atoms with Crippen LogP contribution in [0.15, 0.2) is 0 Å². The Labute approximate surface area is 126 Å². The molecule has 1 aliphatic heterocycles. The van der Waals surface area contributed by atoms with Gasteiger partial charge in [-0.2, -0.15) is 5.26 Å². The fourth-order valence-corrected chi connectivity index (χ4v) is 2.35. The second-order valence-electron chi connectivity index (χ2n) is 6.58. The molecule has 0 aromatic rings. The molecule has 1 fully saturated rings. The van der Waals surface area contributed by atoms with E-state index in [1.54, 1.807) is 4.90 Å². The maximum absolute atomic E-state index is 11.8. The third-order valence-electron chi connectivity index (χ3n) is 3.60. The van der Waals surface area contributed by atoms with Gasteiger partial charge in [0.25, 0.3) is 0 Å². The largest absolute Gasteiger partial charge is 0.444 e. The number of amides is 2. The van der Waals surface area contributed by atoms with Crippen molar-refractivity contribution in [3.05, 3.63) is 0 Å². The SMILES string of the molecule is C[C@@H]1CCN(C(=O)CC#N)C[C@H]1CNC(=O)OC(C)(C)C. The number of nitriles is 1. The molecule has 0 radical (unpaired) electrons. The Kier molecular flexibility index (Phi) is 6.01. The molecule has 1 heterocycles. The van der Waals surface area contributed by atoms with Gasteiger partial charge >= 0.3 is 6.09 Å². The average Bonchev–Trinajstić information content (AvgIpc) is 2.36. The zero-order chi connectivity index (χ0) is 16.0. The van der Waals surface area contributed by atoms with Crippen molar-refractivity contribution in [2.24, 2.45) is 11.8 Å². The van der Waals surface area contributed by atoms with E-state index in [9.17, 15) is 9.59 Å². The zero-order valence-corrected chi connectivity index (χ0v) is 13.3. The van der Waals surface area contributed by atoms with E-state index in [-0.39, 0.29) is 18.2 Å². The lowest BCUT2D eigenvalue weighted by atomic mass is 9.87. The number of carbonyl (C=O) groups excluding carboxylic acids is 2. The highest BCUT2D eigenvalue weighted by Crippen LogP contribution is 2.23. The summed E-state index contributed by atoms with van der Waals surface area (Å²) in [5.41, 5.74) is -0.517. The first kappa shape index (κ1) is 17.3. The lowest BCUT2D eigenvalue weighted by Gasteiger charge is -2.37. The highest BCUT2D eigenvalue weighted by molar-refractivity contribution is 5.78. The molecule has 6 nitrogen and oxygen atoms in total. The van der Waals surface area contributed by atoms with Gasteiger partial charge in [-0.3, -0.25) is 4.79 Å². The molecule has 0 bridgehead atoms. The lowest BCUT2D eigenvalue weighted by molar-refractivity contribution is -0.132. The van der Waals surface area contributed by atoms with Crippen LogP contribution >= 0.6 is 0 Å². The number of ether oxygens (including phenoxy) is 1. The van der Waals surface area contributed by atoms with E-state index in [0.29, 0.717) is 25.6 Å². The van der Waals surface area contributed by atoms with Crippen LogP contribution in [0, 0.1) is 23.2 Å². The van der Waals surface area contributed by atoms with Crippen LogP contribution in [-0.2, 0) is 9.53 Å². The molecule has 1 saturated heterocycles. The minimum Gasteiger partial charge on any atom is -0.444 e. The number of nitrogens with zero attached hydrogens (tertiary/aromatic N) is 2. The van der Waals surface area contributed by atoms with Crippen molar-refractivity contribution in [2.75, 3.05) is 19.6 Å². The van der Waals surface area contributed by atoms with Crippen LogP contribution in [0.25, 0.3) is 0 Å². The molecule has 2 atom stereocenters. The van der Waals surface area contributed by atoms with Crippen LogP contribution in [0.1, 0.15) is 40.5 Å². The molecule has 1 rings (SSSR count). The molecule has 0 saturated carbocycles. The van der Waals surface area contributed by atoms with Crippen molar-refractivity contribution in [1.82, 2.24) is 10.2 Å². The third-order valence-corrected chi connectivity index (χ3v) is 3.60. The number of carbonyl (C=O) groups is 2. The summed E-state index contributed by atoms with van der Waals surface area (Å²) in [5, 5.41) is 11.4. The molecule has 0 spiro atoms. The van der Waals surface area contributed by atoms with E-state index in [0.717, 1.165) is 6.42 Å². The summed E-state index contributed by atoms with van der Waals surface area (Å²) in [7, 11) is 0. The van der Waals surface area contributed by atoms with Crippen molar-refractivity contribution in [3.8, 4) is 6.07 Å². The number of alkyl carbamates (subject to hydrolysis) is 1. The lowest BCUT2D eigenvalue weighted by Crippen LogP contribution is -2.47.